The van der Waals surface area contributed by atoms with Crippen LogP contribution >= 0.6 is 0 Å². The summed E-state index contributed by atoms with van der Waals surface area (Å²) < 4.78 is 0. The molecule has 1 amide bonds. The second kappa shape index (κ2) is 7.39. The molecule has 4 nitrogen and oxygen atoms in total. The molecule has 0 aromatic rings. The summed E-state index contributed by atoms with van der Waals surface area (Å²) in [6.45, 7) is 3.89. The number of hydrogen-bond acceptors (Lipinski definition) is 2. The summed E-state index contributed by atoms with van der Waals surface area (Å²) in [5, 5.41) is 12.0. The van der Waals surface area contributed by atoms with E-state index < -0.39 is 12.0 Å². The lowest BCUT2D eigenvalue weighted by atomic mass is 9.83. The largest absolute Gasteiger partial charge is 0.480 e. The first-order chi connectivity index (χ1) is 8.56. The molecule has 4 heteroatoms. The van der Waals surface area contributed by atoms with Crippen molar-refractivity contribution in [1.82, 2.24) is 5.32 Å². The Morgan fingerprint density at radius 3 is 2.39 bits per heavy atom. The molecule has 0 radical (unpaired) electrons. The topological polar surface area (TPSA) is 66.4 Å². The molecule has 0 aromatic carbocycles. The van der Waals surface area contributed by atoms with Gasteiger partial charge < -0.3 is 10.4 Å². The van der Waals surface area contributed by atoms with Gasteiger partial charge in [-0.1, -0.05) is 39.5 Å². The van der Waals surface area contributed by atoms with Crippen LogP contribution in [0.25, 0.3) is 0 Å². The van der Waals surface area contributed by atoms with Crippen LogP contribution < -0.4 is 5.32 Å². The van der Waals surface area contributed by atoms with Gasteiger partial charge >= 0.3 is 5.97 Å². The van der Waals surface area contributed by atoms with Crippen LogP contribution in [0.15, 0.2) is 0 Å². The lowest BCUT2D eigenvalue weighted by molar-refractivity contribution is -0.144. The van der Waals surface area contributed by atoms with Gasteiger partial charge in [0, 0.05) is 5.92 Å². The zero-order valence-electron chi connectivity index (χ0n) is 11.4. The highest BCUT2D eigenvalue weighted by Crippen LogP contribution is 2.26. The summed E-state index contributed by atoms with van der Waals surface area (Å²) in [6, 6.07) is -0.697. The van der Waals surface area contributed by atoms with E-state index >= 15 is 0 Å². The van der Waals surface area contributed by atoms with E-state index in [-0.39, 0.29) is 17.7 Å². The maximum atomic E-state index is 11.9. The van der Waals surface area contributed by atoms with Crippen LogP contribution in [-0.2, 0) is 9.59 Å². The zero-order valence-corrected chi connectivity index (χ0v) is 11.4. The molecule has 0 aromatic heterocycles. The fourth-order valence-corrected chi connectivity index (χ4v) is 2.71. The molecule has 0 saturated heterocycles. The second-order valence-electron chi connectivity index (χ2n) is 5.41. The molecule has 104 valence electrons. The molecule has 2 atom stereocenters. The minimum Gasteiger partial charge on any atom is -0.480 e. The molecular weight excluding hydrogens is 230 g/mol. The van der Waals surface area contributed by atoms with Crippen LogP contribution in [0, 0.1) is 11.8 Å². The predicted octanol–water partition coefficient (Wildman–Crippen LogP) is 2.57. The summed E-state index contributed by atoms with van der Waals surface area (Å²) in [7, 11) is 0. The molecule has 18 heavy (non-hydrogen) atoms. The van der Waals surface area contributed by atoms with Crippen molar-refractivity contribution in [2.24, 2.45) is 11.8 Å². The number of rotatable bonds is 6. The fraction of sp³-hybridized carbons (Fsp3) is 0.857. The highest BCUT2D eigenvalue weighted by Gasteiger charge is 2.31. The summed E-state index contributed by atoms with van der Waals surface area (Å²) in [6.07, 6.45) is 6.92. The number of aliphatic carboxylic acids is 1. The fourth-order valence-electron chi connectivity index (χ4n) is 2.71. The van der Waals surface area contributed by atoms with E-state index in [1.165, 1.54) is 6.42 Å². The first-order valence-electron chi connectivity index (χ1n) is 7.09. The Bertz CT molecular complexity index is 285. The van der Waals surface area contributed by atoms with Crippen molar-refractivity contribution in [1.29, 1.82) is 0 Å². The molecule has 2 N–H and O–H groups in total. The Kier molecular flexibility index (Phi) is 6.16. The van der Waals surface area contributed by atoms with Crippen molar-refractivity contribution in [3.8, 4) is 0 Å². The van der Waals surface area contributed by atoms with Crippen molar-refractivity contribution in [3.05, 3.63) is 0 Å². The van der Waals surface area contributed by atoms with Gasteiger partial charge in [-0.15, -0.1) is 0 Å². The van der Waals surface area contributed by atoms with Gasteiger partial charge in [0.25, 0.3) is 0 Å². The average Bonchev–Trinajstić information content (AvgIpc) is 2.36. The average molecular weight is 255 g/mol. The lowest BCUT2D eigenvalue weighted by Crippen LogP contribution is -2.48. The molecule has 0 spiro atoms. The maximum absolute atomic E-state index is 11.9. The highest BCUT2D eigenvalue weighted by atomic mass is 16.4. The van der Waals surface area contributed by atoms with Gasteiger partial charge in [-0.05, 0) is 25.2 Å². The standard InChI is InChI=1S/C14H25NO3/c1-3-7-10(2)13(16)15-12(14(17)18)11-8-5-4-6-9-11/h10-12H,3-9H2,1-2H3,(H,15,16)(H,17,18). The molecule has 0 bridgehead atoms. The van der Waals surface area contributed by atoms with Crippen LogP contribution in [0.4, 0.5) is 0 Å². The van der Waals surface area contributed by atoms with E-state index in [0.717, 1.165) is 38.5 Å². The summed E-state index contributed by atoms with van der Waals surface area (Å²) in [5.74, 6) is -0.997. The Labute approximate surface area is 109 Å². The van der Waals surface area contributed by atoms with Crippen molar-refractivity contribution in [3.63, 3.8) is 0 Å². The SMILES string of the molecule is CCCC(C)C(=O)NC(C(=O)O)C1CCCCC1. The van der Waals surface area contributed by atoms with Gasteiger partial charge in [0.05, 0.1) is 0 Å². The minimum absolute atomic E-state index is 0.0968. The van der Waals surface area contributed by atoms with Crippen LogP contribution in [0.5, 0.6) is 0 Å². The molecule has 0 heterocycles. The van der Waals surface area contributed by atoms with Crippen molar-refractivity contribution in [2.75, 3.05) is 0 Å². The molecule has 1 aliphatic carbocycles. The van der Waals surface area contributed by atoms with E-state index in [4.69, 9.17) is 0 Å². The number of carbonyl (C=O) groups excluding carboxylic acids is 1. The van der Waals surface area contributed by atoms with E-state index in [2.05, 4.69) is 5.32 Å². The number of carboxylic acids is 1. The Hall–Kier alpha value is -1.06. The van der Waals surface area contributed by atoms with Crippen molar-refractivity contribution >= 4 is 11.9 Å². The lowest BCUT2D eigenvalue weighted by Gasteiger charge is -2.28. The van der Waals surface area contributed by atoms with E-state index in [1.807, 2.05) is 13.8 Å². The first-order valence-corrected chi connectivity index (χ1v) is 7.09. The first kappa shape index (κ1) is 15.0. The molecule has 0 aliphatic heterocycles. The zero-order chi connectivity index (χ0) is 13.5. The second-order valence-corrected chi connectivity index (χ2v) is 5.41. The quantitative estimate of drug-likeness (QED) is 0.766. The maximum Gasteiger partial charge on any atom is 0.326 e. The summed E-state index contributed by atoms with van der Waals surface area (Å²) >= 11 is 0. The van der Waals surface area contributed by atoms with Gasteiger partial charge in [0.15, 0.2) is 0 Å². The monoisotopic (exact) mass is 255 g/mol. The van der Waals surface area contributed by atoms with E-state index in [1.54, 1.807) is 0 Å². The van der Waals surface area contributed by atoms with Crippen molar-refractivity contribution in [2.45, 2.75) is 64.8 Å². The number of nitrogens with one attached hydrogen (secondary N) is 1. The highest BCUT2D eigenvalue weighted by molar-refractivity contribution is 5.84. The number of carboxylic acid groups (broad SMARTS) is 1. The van der Waals surface area contributed by atoms with Gasteiger partial charge in [0.2, 0.25) is 5.91 Å². The third-order valence-corrected chi connectivity index (χ3v) is 3.85. The molecular formula is C14H25NO3. The minimum atomic E-state index is -0.890. The Morgan fingerprint density at radius 2 is 1.89 bits per heavy atom. The van der Waals surface area contributed by atoms with Gasteiger partial charge in [-0.25, -0.2) is 4.79 Å². The van der Waals surface area contributed by atoms with Gasteiger partial charge in [-0.3, -0.25) is 4.79 Å². The van der Waals surface area contributed by atoms with Gasteiger partial charge in [-0.2, -0.15) is 0 Å². The molecule has 1 saturated carbocycles. The van der Waals surface area contributed by atoms with E-state index in [9.17, 15) is 14.7 Å². The third-order valence-electron chi connectivity index (χ3n) is 3.85. The van der Waals surface area contributed by atoms with Crippen LogP contribution in [0.3, 0.4) is 0 Å². The number of hydrogen-bond donors (Lipinski definition) is 2. The normalized spacial score (nSPS) is 20.1. The summed E-state index contributed by atoms with van der Waals surface area (Å²) in [5.41, 5.74) is 0. The Balaban J connectivity index is 2.56. The Morgan fingerprint density at radius 1 is 1.28 bits per heavy atom. The molecule has 1 fully saturated rings. The van der Waals surface area contributed by atoms with Crippen LogP contribution in [0.1, 0.15) is 58.8 Å². The van der Waals surface area contributed by atoms with Crippen LogP contribution in [-0.4, -0.2) is 23.0 Å². The predicted molar refractivity (Wildman–Crippen MR) is 70.2 cm³/mol. The third kappa shape index (κ3) is 4.31. The smallest absolute Gasteiger partial charge is 0.326 e. The van der Waals surface area contributed by atoms with Gasteiger partial charge in [0.1, 0.15) is 6.04 Å². The number of carbonyl (C=O) groups is 2. The van der Waals surface area contributed by atoms with Crippen molar-refractivity contribution < 1.29 is 14.7 Å². The summed E-state index contributed by atoms with van der Waals surface area (Å²) in [4.78, 5) is 23.2. The van der Waals surface area contributed by atoms with E-state index in [0.29, 0.717) is 0 Å². The molecule has 1 aliphatic rings. The molecule has 1 rings (SSSR count). The van der Waals surface area contributed by atoms with Crippen LogP contribution in [0.2, 0.25) is 0 Å². The number of amides is 1. The molecule has 2 unspecified atom stereocenters.